The van der Waals surface area contributed by atoms with Crippen LogP contribution in [0.25, 0.3) is 0 Å². The minimum Gasteiger partial charge on any atom is -0.481 e. The molecule has 1 aliphatic carbocycles. The van der Waals surface area contributed by atoms with E-state index in [4.69, 9.17) is 5.11 Å². The second kappa shape index (κ2) is 4.68. The van der Waals surface area contributed by atoms with Gasteiger partial charge in [-0.05, 0) is 19.8 Å². The number of nitrogens with zero attached hydrogens (tertiary/aromatic N) is 2. The Labute approximate surface area is 95.3 Å². The van der Waals surface area contributed by atoms with E-state index in [-0.39, 0.29) is 6.42 Å². The van der Waals surface area contributed by atoms with Gasteiger partial charge in [-0.3, -0.25) is 4.79 Å². The summed E-state index contributed by atoms with van der Waals surface area (Å²) in [6.07, 6.45) is 8.00. The van der Waals surface area contributed by atoms with E-state index >= 15 is 0 Å². The smallest absolute Gasteiger partial charge is 0.309 e. The summed E-state index contributed by atoms with van der Waals surface area (Å²) in [6.45, 7) is 1.89. The van der Waals surface area contributed by atoms with Crippen molar-refractivity contribution in [3.05, 3.63) is 17.7 Å². The molecule has 0 amide bonds. The van der Waals surface area contributed by atoms with E-state index in [0.717, 1.165) is 24.2 Å². The van der Waals surface area contributed by atoms with Crippen molar-refractivity contribution in [2.45, 2.75) is 51.5 Å². The van der Waals surface area contributed by atoms with Crippen molar-refractivity contribution in [3.8, 4) is 0 Å². The van der Waals surface area contributed by atoms with Crippen molar-refractivity contribution in [3.63, 3.8) is 0 Å². The first-order chi connectivity index (χ1) is 7.68. The van der Waals surface area contributed by atoms with Gasteiger partial charge in [0, 0.05) is 6.04 Å². The molecular weight excluding hydrogens is 204 g/mol. The molecule has 0 aliphatic heterocycles. The van der Waals surface area contributed by atoms with Gasteiger partial charge < -0.3 is 9.67 Å². The quantitative estimate of drug-likeness (QED) is 0.853. The number of aliphatic carboxylic acids is 1. The summed E-state index contributed by atoms with van der Waals surface area (Å²) >= 11 is 0. The van der Waals surface area contributed by atoms with E-state index in [0.29, 0.717) is 6.04 Å². The first kappa shape index (κ1) is 11.2. The van der Waals surface area contributed by atoms with E-state index in [9.17, 15) is 4.79 Å². The van der Waals surface area contributed by atoms with Gasteiger partial charge in [-0.2, -0.15) is 0 Å². The third kappa shape index (κ3) is 2.26. The van der Waals surface area contributed by atoms with Crippen LogP contribution in [-0.2, 0) is 11.2 Å². The molecule has 1 fully saturated rings. The number of carboxylic acids is 1. The Kier molecular flexibility index (Phi) is 3.27. The maximum Gasteiger partial charge on any atom is 0.309 e. The number of hydrogen-bond acceptors (Lipinski definition) is 2. The minimum absolute atomic E-state index is 0.0856. The van der Waals surface area contributed by atoms with E-state index in [1.807, 2.05) is 13.3 Å². The lowest BCUT2D eigenvalue weighted by Gasteiger charge is -2.24. The Morgan fingerprint density at radius 3 is 2.81 bits per heavy atom. The summed E-state index contributed by atoms with van der Waals surface area (Å²) in [5, 5.41) is 8.89. The fourth-order valence-corrected chi connectivity index (χ4v) is 2.52. The summed E-state index contributed by atoms with van der Waals surface area (Å²) in [5.74, 6) is -0.777. The molecule has 88 valence electrons. The molecule has 0 bridgehead atoms. The molecule has 1 aromatic rings. The third-order valence-corrected chi connectivity index (χ3v) is 3.39. The molecule has 4 heteroatoms. The van der Waals surface area contributed by atoms with Gasteiger partial charge in [-0.1, -0.05) is 19.3 Å². The standard InChI is InChI=1S/C12H18N2O2/c1-9-11(7-12(15)16)14(8-13-9)10-5-3-2-4-6-10/h8,10H,2-7H2,1H3,(H,15,16). The highest BCUT2D eigenvalue weighted by molar-refractivity contribution is 5.69. The molecule has 0 saturated heterocycles. The van der Waals surface area contributed by atoms with Crippen molar-refractivity contribution in [1.82, 2.24) is 9.55 Å². The van der Waals surface area contributed by atoms with Crippen LogP contribution in [0.3, 0.4) is 0 Å². The van der Waals surface area contributed by atoms with Crippen LogP contribution in [0.15, 0.2) is 6.33 Å². The zero-order chi connectivity index (χ0) is 11.5. The second-order valence-electron chi connectivity index (χ2n) is 4.55. The summed E-state index contributed by atoms with van der Waals surface area (Å²) in [4.78, 5) is 15.1. The molecule has 1 N–H and O–H groups in total. The fourth-order valence-electron chi connectivity index (χ4n) is 2.52. The largest absolute Gasteiger partial charge is 0.481 e. The Balaban J connectivity index is 2.22. The van der Waals surface area contributed by atoms with E-state index in [2.05, 4.69) is 9.55 Å². The molecule has 16 heavy (non-hydrogen) atoms. The first-order valence-electron chi connectivity index (χ1n) is 5.92. The first-order valence-corrected chi connectivity index (χ1v) is 5.92. The van der Waals surface area contributed by atoms with Gasteiger partial charge in [0.15, 0.2) is 0 Å². The molecule has 1 heterocycles. The minimum atomic E-state index is -0.777. The number of aromatic nitrogens is 2. The Morgan fingerprint density at radius 1 is 1.50 bits per heavy atom. The van der Waals surface area contributed by atoms with E-state index < -0.39 is 5.97 Å². The molecule has 4 nitrogen and oxygen atoms in total. The topological polar surface area (TPSA) is 55.1 Å². The predicted molar refractivity (Wildman–Crippen MR) is 60.4 cm³/mol. The van der Waals surface area contributed by atoms with Gasteiger partial charge in [-0.25, -0.2) is 4.98 Å². The molecule has 0 radical (unpaired) electrons. The van der Waals surface area contributed by atoms with Crippen LogP contribution >= 0.6 is 0 Å². The summed E-state index contributed by atoms with van der Waals surface area (Å²) in [7, 11) is 0. The van der Waals surface area contributed by atoms with Gasteiger partial charge in [0.2, 0.25) is 0 Å². The van der Waals surface area contributed by atoms with Gasteiger partial charge >= 0.3 is 5.97 Å². The predicted octanol–water partition coefficient (Wildman–Crippen LogP) is 2.32. The lowest BCUT2D eigenvalue weighted by molar-refractivity contribution is -0.136. The zero-order valence-corrected chi connectivity index (χ0v) is 9.65. The molecule has 2 rings (SSSR count). The molecule has 0 aromatic carbocycles. The van der Waals surface area contributed by atoms with Gasteiger partial charge in [0.1, 0.15) is 0 Å². The maximum absolute atomic E-state index is 10.8. The van der Waals surface area contributed by atoms with Crippen LogP contribution in [0.2, 0.25) is 0 Å². The number of rotatable bonds is 3. The third-order valence-electron chi connectivity index (χ3n) is 3.39. The van der Waals surface area contributed by atoms with Crippen LogP contribution in [-0.4, -0.2) is 20.6 Å². The zero-order valence-electron chi connectivity index (χ0n) is 9.65. The lowest BCUT2D eigenvalue weighted by atomic mass is 9.95. The highest BCUT2D eigenvalue weighted by Gasteiger charge is 2.20. The Hall–Kier alpha value is -1.32. The average molecular weight is 222 g/mol. The number of imidazole rings is 1. The maximum atomic E-state index is 10.8. The fraction of sp³-hybridized carbons (Fsp3) is 0.667. The molecule has 1 aromatic heterocycles. The molecule has 0 spiro atoms. The van der Waals surface area contributed by atoms with Crippen molar-refractivity contribution >= 4 is 5.97 Å². The normalized spacial score (nSPS) is 17.6. The van der Waals surface area contributed by atoms with Crippen LogP contribution in [0.4, 0.5) is 0 Å². The number of carbonyl (C=O) groups is 1. The summed E-state index contributed by atoms with van der Waals surface area (Å²) in [5.41, 5.74) is 1.73. The van der Waals surface area contributed by atoms with Crippen molar-refractivity contribution < 1.29 is 9.90 Å². The van der Waals surface area contributed by atoms with Crippen molar-refractivity contribution in [2.24, 2.45) is 0 Å². The Bertz CT molecular complexity index is 378. The van der Waals surface area contributed by atoms with E-state index in [1.165, 1.54) is 19.3 Å². The molecule has 0 unspecified atom stereocenters. The van der Waals surface area contributed by atoms with Crippen molar-refractivity contribution in [2.75, 3.05) is 0 Å². The van der Waals surface area contributed by atoms with Gasteiger partial charge in [-0.15, -0.1) is 0 Å². The highest BCUT2D eigenvalue weighted by atomic mass is 16.4. The van der Waals surface area contributed by atoms with Crippen molar-refractivity contribution in [1.29, 1.82) is 0 Å². The highest BCUT2D eigenvalue weighted by Crippen LogP contribution is 2.29. The summed E-state index contributed by atoms with van der Waals surface area (Å²) < 4.78 is 2.09. The summed E-state index contributed by atoms with van der Waals surface area (Å²) in [6, 6.07) is 0.462. The van der Waals surface area contributed by atoms with Crippen LogP contribution in [0.5, 0.6) is 0 Å². The lowest BCUT2D eigenvalue weighted by Crippen LogP contribution is -2.16. The second-order valence-corrected chi connectivity index (χ2v) is 4.55. The molecule has 0 atom stereocenters. The number of carboxylic acid groups (broad SMARTS) is 1. The van der Waals surface area contributed by atoms with Crippen LogP contribution in [0, 0.1) is 6.92 Å². The van der Waals surface area contributed by atoms with Crippen LogP contribution in [0.1, 0.15) is 49.5 Å². The average Bonchev–Trinajstić information content (AvgIpc) is 2.61. The van der Waals surface area contributed by atoms with E-state index in [1.54, 1.807) is 0 Å². The Morgan fingerprint density at radius 2 is 2.19 bits per heavy atom. The SMILES string of the molecule is Cc1ncn(C2CCCCC2)c1CC(=O)O. The molecule has 1 saturated carbocycles. The van der Waals surface area contributed by atoms with Crippen LogP contribution < -0.4 is 0 Å². The molecule has 1 aliphatic rings. The monoisotopic (exact) mass is 222 g/mol. The number of aryl methyl sites for hydroxylation is 1. The number of hydrogen-bond donors (Lipinski definition) is 1. The molecular formula is C12H18N2O2. The van der Waals surface area contributed by atoms with Gasteiger partial charge in [0.25, 0.3) is 0 Å². The van der Waals surface area contributed by atoms with Gasteiger partial charge in [0.05, 0.1) is 24.1 Å².